The molecular weight excluding hydrogens is 262 g/mol. The Bertz CT molecular complexity index is 593. The molecule has 0 unspecified atom stereocenters. The lowest BCUT2D eigenvalue weighted by atomic mass is 9.89. The Morgan fingerprint density at radius 3 is 2.62 bits per heavy atom. The van der Waals surface area contributed by atoms with Gasteiger partial charge in [0.05, 0.1) is 0 Å². The highest BCUT2D eigenvalue weighted by Crippen LogP contribution is 2.27. The lowest BCUT2D eigenvalue weighted by Gasteiger charge is -2.21. The molecule has 2 rings (SSSR count). The number of benzene rings is 2. The average Bonchev–Trinajstić information content (AvgIpc) is 2.49. The molecule has 0 bridgehead atoms. The lowest BCUT2D eigenvalue weighted by Crippen LogP contribution is -2.21. The summed E-state index contributed by atoms with van der Waals surface area (Å²) in [6, 6.07) is 11.8. The van der Waals surface area contributed by atoms with Gasteiger partial charge in [-0.3, -0.25) is 0 Å². The molecule has 21 heavy (non-hydrogen) atoms. The Kier molecular flexibility index (Phi) is 5.21. The normalized spacial score (nSPS) is 12.0. The molecule has 3 nitrogen and oxygen atoms in total. The first kappa shape index (κ1) is 15.8. The van der Waals surface area contributed by atoms with Crippen LogP contribution < -0.4 is 5.32 Å². The standard InChI is InChI=1S/C18H25NO2/c1-18(2,13-20)10-5-11-19-12-16-15-7-4-3-6-14(15)8-9-17(16)21/h3-4,6-9,19-21H,5,10-13H2,1-2H3. The molecule has 0 fully saturated rings. The number of aromatic hydroxyl groups is 1. The van der Waals surface area contributed by atoms with Gasteiger partial charge in [0.25, 0.3) is 0 Å². The van der Waals surface area contributed by atoms with Crippen LogP contribution in [0.25, 0.3) is 10.8 Å². The van der Waals surface area contributed by atoms with E-state index in [0.717, 1.165) is 35.7 Å². The molecule has 114 valence electrons. The summed E-state index contributed by atoms with van der Waals surface area (Å²) in [5, 5.41) is 24.9. The van der Waals surface area contributed by atoms with Gasteiger partial charge in [0, 0.05) is 18.7 Å². The first-order valence-corrected chi connectivity index (χ1v) is 7.55. The number of aliphatic hydroxyl groups excluding tert-OH is 1. The minimum atomic E-state index is -0.0107. The zero-order valence-electron chi connectivity index (χ0n) is 12.9. The largest absolute Gasteiger partial charge is 0.508 e. The van der Waals surface area contributed by atoms with E-state index in [4.69, 9.17) is 0 Å². The van der Waals surface area contributed by atoms with Crippen LogP contribution in [0.1, 0.15) is 32.3 Å². The van der Waals surface area contributed by atoms with Crippen molar-refractivity contribution in [2.24, 2.45) is 5.41 Å². The lowest BCUT2D eigenvalue weighted by molar-refractivity contribution is 0.148. The third kappa shape index (κ3) is 4.19. The van der Waals surface area contributed by atoms with Crippen LogP contribution in [-0.4, -0.2) is 23.4 Å². The summed E-state index contributed by atoms with van der Waals surface area (Å²) in [5.41, 5.74) is 0.943. The number of hydrogen-bond donors (Lipinski definition) is 3. The molecule has 2 aromatic carbocycles. The topological polar surface area (TPSA) is 52.5 Å². The first-order valence-electron chi connectivity index (χ1n) is 7.55. The molecule has 0 aliphatic rings. The quantitative estimate of drug-likeness (QED) is 0.684. The maximum absolute atomic E-state index is 10.1. The molecule has 0 saturated heterocycles. The van der Waals surface area contributed by atoms with E-state index >= 15 is 0 Å². The van der Waals surface area contributed by atoms with E-state index in [9.17, 15) is 10.2 Å². The maximum Gasteiger partial charge on any atom is 0.120 e. The second-order valence-electron chi connectivity index (χ2n) is 6.39. The summed E-state index contributed by atoms with van der Waals surface area (Å²) in [7, 11) is 0. The first-order chi connectivity index (χ1) is 10.0. The molecule has 0 aliphatic heterocycles. The smallest absolute Gasteiger partial charge is 0.120 e. The zero-order valence-corrected chi connectivity index (χ0v) is 12.9. The SMILES string of the molecule is CC(C)(CO)CCCNCc1c(O)ccc2ccccc12. The maximum atomic E-state index is 10.1. The third-order valence-corrected chi connectivity index (χ3v) is 3.95. The highest BCUT2D eigenvalue weighted by Gasteiger charge is 2.15. The Morgan fingerprint density at radius 1 is 1.10 bits per heavy atom. The van der Waals surface area contributed by atoms with Gasteiger partial charge in [-0.05, 0) is 41.6 Å². The van der Waals surface area contributed by atoms with Crippen LogP contribution in [0, 0.1) is 5.41 Å². The molecule has 0 aromatic heterocycles. The van der Waals surface area contributed by atoms with Crippen molar-refractivity contribution >= 4 is 10.8 Å². The molecule has 0 aliphatic carbocycles. The van der Waals surface area contributed by atoms with E-state index in [2.05, 4.69) is 25.2 Å². The van der Waals surface area contributed by atoms with Crippen molar-refractivity contribution in [1.29, 1.82) is 0 Å². The molecule has 3 heteroatoms. The minimum absolute atomic E-state index is 0.0107. The van der Waals surface area contributed by atoms with Crippen molar-refractivity contribution < 1.29 is 10.2 Å². The molecule has 0 heterocycles. The molecule has 0 radical (unpaired) electrons. The van der Waals surface area contributed by atoms with E-state index in [1.807, 2.05) is 24.3 Å². The van der Waals surface area contributed by atoms with Crippen LogP contribution >= 0.6 is 0 Å². The summed E-state index contributed by atoms with van der Waals surface area (Å²) < 4.78 is 0. The fourth-order valence-corrected chi connectivity index (χ4v) is 2.49. The molecule has 0 amide bonds. The van der Waals surface area contributed by atoms with Gasteiger partial charge < -0.3 is 15.5 Å². The Labute approximate surface area is 126 Å². The predicted octanol–water partition coefficient (Wildman–Crippen LogP) is 3.43. The van der Waals surface area contributed by atoms with Crippen LogP contribution in [0.5, 0.6) is 5.75 Å². The second-order valence-corrected chi connectivity index (χ2v) is 6.39. The van der Waals surface area contributed by atoms with Crippen LogP contribution in [0.15, 0.2) is 36.4 Å². The van der Waals surface area contributed by atoms with Gasteiger partial charge >= 0.3 is 0 Å². The van der Waals surface area contributed by atoms with Crippen LogP contribution in [-0.2, 0) is 6.54 Å². The molecule has 0 atom stereocenters. The summed E-state index contributed by atoms with van der Waals surface area (Å²) >= 11 is 0. The summed E-state index contributed by atoms with van der Waals surface area (Å²) in [6.45, 7) is 5.91. The van der Waals surface area contributed by atoms with Gasteiger partial charge in [0.1, 0.15) is 5.75 Å². The van der Waals surface area contributed by atoms with Crippen molar-refractivity contribution in [3.63, 3.8) is 0 Å². The summed E-state index contributed by atoms with van der Waals surface area (Å²) in [4.78, 5) is 0. The highest BCUT2D eigenvalue weighted by atomic mass is 16.3. The summed E-state index contributed by atoms with van der Waals surface area (Å²) in [5.74, 6) is 0.344. The Morgan fingerprint density at radius 2 is 1.86 bits per heavy atom. The molecule has 0 spiro atoms. The number of hydrogen-bond acceptors (Lipinski definition) is 3. The van der Waals surface area contributed by atoms with Gasteiger partial charge in [-0.25, -0.2) is 0 Å². The zero-order chi connectivity index (χ0) is 15.3. The van der Waals surface area contributed by atoms with Crippen molar-refractivity contribution in [3.05, 3.63) is 42.0 Å². The minimum Gasteiger partial charge on any atom is -0.508 e. The number of fused-ring (bicyclic) bond motifs is 1. The van der Waals surface area contributed by atoms with E-state index in [1.54, 1.807) is 6.07 Å². The predicted molar refractivity (Wildman–Crippen MR) is 87.4 cm³/mol. The van der Waals surface area contributed by atoms with E-state index < -0.39 is 0 Å². The van der Waals surface area contributed by atoms with Crippen molar-refractivity contribution in [2.75, 3.05) is 13.2 Å². The number of phenols is 1. The number of nitrogens with one attached hydrogen (secondary N) is 1. The van der Waals surface area contributed by atoms with Crippen LogP contribution in [0.2, 0.25) is 0 Å². The van der Waals surface area contributed by atoms with E-state index in [-0.39, 0.29) is 12.0 Å². The highest BCUT2D eigenvalue weighted by molar-refractivity contribution is 5.87. The Balaban J connectivity index is 1.93. The molecule has 0 saturated carbocycles. The van der Waals surface area contributed by atoms with Gasteiger partial charge in [-0.1, -0.05) is 44.2 Å². The fourth-order valence-electron chi connectivity index (χ4n) is 2.49. The number of rotatable bonds is 7. The van der Waals surface area contributed by atoms with E-state index in [0.29, 0.717) is 12.3 Å². The second kappa shape index (κ2) is 6.92. The third-order valence-electron chi connectivity index (χ3n) is 3.95. The van der Waals surface area contributed by atoms with Crippen LogP contribution in [0.3, 0.4) is 0 Å². The molecule has 3 N–H and O–H groups in total. The van der Waals surface area contributed by atoms with Gasteiger partial charge in [0.2, 0.25) is 0 Å². The van der Waals surface area contributed by atoms with Gasteiger partial charge in [0.15, 0.2) is 0 Å². The van der Waals surface area contributed by atoms with Crippen LogP contribution in [0.4, 0.5) is 0 Å². The summed E-state index contributed by atoms with van der Waals surface area (Å²) in [6.07, 6.45) is 2.00. The number of aliphatic hydroxyl groups is 1. The van der Waals surface area contributed by atoms with Gasteiger partial charge in [-0.2, -0.15) is 0 Å². The van der Waals surface area contributed by atoms with Crippen molar-refractivity contribution in [3.8, 4) is 5.75 Å². The molecular formula is C18H25NO2. The van der Waals surface area contributed by atoms with E-state index in [1.165, 1.54) is 0 Å². The molecule has 2 aromatic rings. The monoisotopic (exact) mass is 287 g/mol. The fraction of sp³-hybridized carbons (Fsp3) is 0.444. The average molecular weight is 287 g/mol. The number of phenolic OH excluding ortho intramolecular Hbond substituents is 1. The van der Waals surface area contributed by atoms with Gasteiger partial charge in [-0.15, -0.1) is 0 Å². The Hall–Kier alpha value is -1.58. The van der Waals surface area contributed by atoms with Crippen molar-refractivity contribution in [1.82, 2.24) is 5.32 Å². The van der Waals surface area contributed by atoms with Crippen molar-refractivity contribution in [2.45, 2.75) is 33.2 Å².